The number of carbonyl (C=O) groups is 1. The van der Waals surface area contributed by atoms with E-state index in [0.29, 0.717) is 10.7 Å². The van der Waals surface area contributed by atoms with Gasteiger partial charge in [-0.15, -0.1) is 0 Å². The zero-order valence-corrected chi connectivity index (χ0v) is 9.42. The number of hydrogen-bond acceptors (Lipinski definition) is 3. The van der Waals surface area contributed by atoms with Crippen LogP contribution in [0.5, 0.6) is 0 Å². The van der Waals surface area contributed by atoms with Crippen LogP contribution >= 0.6 is 11.6 Å². The van der Waals surface area contributed by atoms with E-state index >= 15 is 0 Å². The standard InChI is InChI=1S/C11H9ClN2O3/c12-8-3-1-2-4-9(8)14-5-7(6-15)10(13-14)11(16)17/h1-5,15H,6H2,(H,16,17). The van der Waals surface area contributed by atoms with E-state index in [4.69, 9.17) is 21.8 Å². The first-order valence-corrected chi connectivity index (χ1v) is 5.19. The number of nitrogens with zero attached hydrogens (tertiary/aromatic N) is 2. The van der Waals surface area contributed by atoms with Gasteiger partial charge >= 0.3 is 5.97 Å². The molecule has 0 unspecified atom stereocenters. The lowest BCUT2D eigenvalue weighted by molar-refractivity contribution is 0.0686. The highest BCUT2D eigenvalue weighted by Crippen LogP contribution is 2.20. The molecule has 1 aromatic carbocycles. The van der Waals surface area contributed by atoms with Gasteiger partial charge in [-0.2, -0.15) is 5.10 Å². The smallest absolute Gasteiger partial charge is 0.356 e. The van der Waals surface area contributed by atoms with E-state index in [9.17, 15) is 4.79 Å². The summed E-state index contributed by atoms with van der Waals surface area (Å²) < 4.78 is 1.34. The summed E-state index contributed by atoms with van der Waals surface area (Å²) in [5.74, 6) is -1.18. The summed E-state index contributed by atoms with van der Waals surface area (Å²) in [5, 5.41) is 22.3. The van der Waals surface area contributed by atoms with Crippen molar-refractivity contribution in [2.24, 2.45) is 0 Å². The molecule has 0 saturated carbocycles. The van der Waals surface area contributed by atoms with E-state index in [0.717, 1.165) is 0 Å². The average Bonchev–Trinajstić information content (AvgIpc) is 2.73. The Balaban J connectivity index is 2.54. The number of carboxylic acid groups (broad SMARTS) is 1. The molecule has 0 aliphatic carbocycles. The van der Waals surface area contributed by atoms with Crippen LogP contribution < -0.4 is 0 Å². The minimum atomic E-state index is -1.18. The lowest BCUT2D eigenvalue weighted by Crippen LogP contribution is -2.03. The summed E-state index contributed by atoms with van der Waals surface area (Å²) in [6.45, 7) is -0.383. The third kappa shape index (κ3) is 2.15. The van der Waals surface area contributed by atoms with Gasteiger partial charge in [0.05, 0.1) is 17.3 Å². The molecule has 0 atom stereocenters. The number of carboxylic acids is 1. The fraction of sp³-hybridized carbons (Fsp3) is 0.0909. The molecule has 0 aliphatic heterocycles. The van der Waals surface area contributed by atoms with Crippen LogP contribution in [0.4, 0.5) is 0 Å². The van der Waals surface area contributed by atoms with Crippen molar-refractivity contribution in [3.05, 3.63) is 46.7 Å². The summed E-state index contributed by atoms with van der Waals surface area (Å²) in [6, 6.07) is 6.92. The van der Waals surface area contributed by atoms with E-state index in [1.54, 1.807) is 24.3 Å². The first-order chi connectivity index (χ1) is 8.13. The highest BCUT2D eigenvalue weighted by atomic mass is 35.5. The second-order valence-electron chi connectivity index (χ2n) is 3.36. The number of benzene rings is 1. The van der Waals surface area contributed by atoms with Gasteiger partial charge in [0.25, 0.3) is 0 Å². The predicted molar refractivity (Wildman–Crippen MR) is 61.5 cm³/mol. The third-order valence-electron chi connectivity index (χ3n) is 2.26. The van der Waals surface area contributed by atoms with Crippen molar-refractivity contribution in [1.82, 2.24) is 9.78 Å². The molecule has 0 saturated heterocycles. The lowest BCUT2D eigenvalue weighted by atomic mass is 10.2. The molecule has 2 aromatic rings. The summed E-state index contributed by atoms with van der Waals surface area (Å²) >= 11 is 5.97. The molecule has 88 valence electrons. The maximum Gasteiger partial charge on any atom is 0.356 e. The Bertz CT molecular complexity index is 566. The molecule has 0 bridgehead atoms. The molecular formula is C11H9ClN2O3. The number of rotatable bonds is 3. The number of aliphatic hydroxyl groups is 1. The van der Waals surface area contributed by atoms with Crippen LogP contribution in [0.2, 0.25) is 5.02 Å². The molecule has 1 aromatic heterocycles. The summed E-state index contributed by atoms with van der Waals surface area (Å²) in [4.78, 5) is 10.9. The zero-order valence-electron chi connectivity index (χ0n) is 8.67. The van der Waals surface area contributed by atoms with Crippen LogP contribution in [0.15, 0.2) is 30.5 Å². The van der Waals surface area contributed by atoms with Gasteiger partial charge in [-0.25, -0.2) is 9.48 Å². The van der Waals surface area contributed by atoms with Crippen molar-refractivity contribution < 1.29 is 15.0 Å². The van der Waals surface area contributed by atoms with Crippen LogP contribution in [0, 0.1) is 0 Å². The topological polar surface area (TPSA) is 75.3 Å². The Morgan fingerprint density at radius 2 is 2.12 bits per heavy atom. The minimum absolute atomic E-state index is 0.174. The van der Waals surface area contributed by atoms with Gasteiger partial charge < -0.3 is 10.2 Å². The molecule has 2 rings (SSSR count). The van der Waals surface area contributed by atoms with E-state index in [2.05, 4.69) is 5.10 Å². The molecule has 6 heteroatoms. The Labute approximate surface area is 102 Å². The lowest BCUT2D eigenvalue weighted by Gasteiger charge is -2.02. The summed E-state index contributed by atoms with van der Waals surface area (Å²) in [5.41, 5.74) is 0.640. The number of halogens is 1. The Kier molecular flexibility index (Phi) is 3.12. The number of aliphatic hydroxyl groups excluding tert-OH is 1. The van der Waals surface area contributed by atoms with Gasteiger partial charge in [0.1, 0.15) is 0 Å². The first-order valence-electron chi connectivity index (χ1n) is 4.81. The van der Waals surface area contributed by atoms with Crippen molar-refractivity contribution in [1.29, 1.82) is 0 Å². The number of aromatic carboxylic acids is 1. The summed E-state index contributed by atoms with van der Waals surface area (Å²) in [6.07, 6.45) is 1.45. The largest absolute Gasteiger partial charge is 0.476 e. The molecule has 0 fully saturated rings. The monoisotopic (exact) mass is 252 g/mol. The van der Waals surface area contributed by atoms with Crippen LogP contribution in [0.25, 0.3) is 5.69 Å². The van der Waals surface area contributed by atoms with Gasteiger partial charge in [-0.3, -0.25) is 0 Å². The number of hydrogen-bond donors (Lipinski definition) is 2. The molecule has 1 heterocycles. The van der Waals surface area contributed by atoms with Crippen LogP contribution in [0.1, 0.15) is 16.1 Å². The van der Waals surface area contributed by atoms with Crippen molar-refractivity contribution in [3.8, 4) is 5.69 Å². The number of para-hydroxylation sites is 1. The van der Waals surface area contributed by atoms with Gasteiger partial charge in [0.2, 0.25) is 0 Å². The molecule has 5 nitrogen and oxygen atoms in total. The van der Waals surface area contributed by atoms with Gasteiger partial charge in [-0.1, -0.05) is 23.7 Å². The van der Waals surface area contributed by atoms with Crippen molar-refractivity contribution in [2.45, 2.75) is 6.61 Å². The second-order valence-corrected chi connectivity index (χ2v) is 3.77. The van der Waals surface area contributed by atoms with Crippen molar-refractivity contribution in [2.75, 3.05) is 0 Å². The van der Waals surface area contributed by atoms with E-state index in [1.165, 1.54) is 10.9 Å². The van der Waals surface area contributed by atoms with Gasteiger partial charge in [0.15, 0.2) is 5.69 Å². The molecular weight excluding hydrogens is 244 g/mol. The maximum atomic E-state index is 10.9. The predicted octanol–water partition coefficient (Wildman–Crippen LogP) is 1.72. The average molecular weight is 253 g/mol. The molecule has 0 spiro atoms. The minimum Gasteiger partial charge on any atom is -0.476 e. The molecule has 17 heavy (non-hydrogen) atoms. The summed E-state index contributed by atoms with van der Waals surface area (Å²) in [7, 11) is 0. The fourth-order valence-corrected chi connectivity index (χ4v) is 1.69. The SMILES string of the molecule is O=C(O)c1nn(-c2ccccc2Cl)cc1CO. The molecule has 0 aliphatic rings. The van der Waals surface area contributed by atoms with Crippen LogP contribution in [0.3, 0.4) is 0 Å². The van der Waals surface area contributed by atoms with Crippen LogP contribution in [-0.4, -0.2) is 26.0 Å². The van der Waals surface area contributed by atoms with Gasteiger partial charge in [0, 0.05) is 11.8 Å². The number of aromatic nitrogens is 2. The van der Waals surface area contributed by atoms with Crippen LogP contribution in [-0.2, 0) is 6.61 Å². The van der Waals surface area contributed by atoms with Gasteiger partial charge in [-0.05, 0) is 12.1 Å². The Morgan fingerprint density at radius 3 is 2.65 bits per heavy atom. The van der Waals surface area contributed by atoms with E-state index < -0.39 is 5.97 Å². The molecule has 0 amide bonds. The zero-order chi connectivity index (χ0) is 12.4. The van der Waals surface area contributed by atoms with E-state index in [-0.39, 0.29) is 17.9 Å². The normalized spacial score (nSPS) is 10.5. The fourth-order valence-electron chi connectivity index (χ4n) is 1.47. The third-order valence-corrected chi connectivity index (χ3v) is 2.58. The van der Waals surface area contributed by atoms with Crippen molar-refractivity contribution in [3.63, 3.8) is 0 Å². The highest BCUT2D eigenvalue weighted by Gasteiger charge is 2.16. The first kappa shape index (κ1) is 11.6. The highest BCUT2D eigenvalue weighted by molar-refractivity contribution is 6.32. The maximum absolute atomic E-state index is 10.9. The quantitative estimate of drug-likeness (QED) is 0.872. The van der Waals surface area contributed by atoms with Crippen molar-refractivity contribution >= 4 is 17.6 Å². The molecule has 2 N–H and O–H groups in total. The Hall–Kier alpha value is -1.85. The molecule has 0 radical (unpaired) electrons. The van der Waals surface area contributed by atoms with E-state index in [1.807, 2.05) is 0 Å². The second kappa shape index (κ2) is 4.57. The Morgan fingerprint density at radius 1 is 1.41 bits per heavy atom.